The van der Waals surface area contributed by atoms with Crippen LogP contribution >= 0.6 is 0 Å². The average Bonchev–Trinajstić information content (AvgIpc) is 2.94. The summed E-state index contributed by atoms with van der Waals surface area (Å²) in [4.78, 5) is 9.09. The van der Waals surface area contributed by atoms with E-state index in [-0.39, 0.29) is 0 Å². The molecule has 0 saturated carbocycles. The molecule has 0 N–H and O–H groups in total. The van der Waals surface area contributed by atoms with E-state index in [0.717, 1.165) is 17.7 Å². The van der Waals surface area contributed by atoms with Gasteiger partial charge in [0.05, 0.1) is 6.21 Å². The highest BCUT2D eigenvalue weighted by atomic mass is 16.6. The second kappa shape index (κ2) is 6.48. The van der Waals surface area contributed by atoms with Gasteiger partial charge in [0.2, 0.25) is 0 Å². The van der Waals surface area contributed by atoms with E-state index >= 15 is 0 Å². The summed E-state index contributed by atoms with van der Waals surface area (Å²) in [5.74, 6) is 0. The summed E-state index contributed by atoms with van der Waals surface area (Å²) in [6, 6.07) is 6.44. The van der Waals surface area contributed by atoms with Crippen molar-refractivity contribution >= 4 is 17.5 Å². The highest BCUT2D eigenvalue weighted by Gasteiger charge is 2.16. The Morgan fingerprint density at radius 1 is 1.14 bits per heavy atom. The zero-order chi connectivity index (χ0) is 15.4. The van der Waals surface area contributed by atoms with Gasteiger partial charge in [0.25, 0.3) is 0 Å². The van der Waals surface area contributed by atoms with Crippen molar-refractivity contribution in [2.75, 3.05) is 40.2 Å². The molecule has 112 valence electrons. The normalized spacial score (nSPS) is 14.1. The van der Waals surface area contributed by atoms with Crippen LogP contribution in [0.4, 0.5) is 5.69 Å². The third-order valence-electron chi connectivity index (χ3n) is 3.56. The Balaban J connectivity index is 2.53. The van der Waals surface area contributed by atoms with Crippen molar-refractivity contribution in [3.8, 4) is 0 Å². The van der Waals surface area contributed by atoms with E-state index in [9.17, 15) is 0 Å². The van der Waals surface area contributed by atoms with Crippen LogP contribution in [0.15, 0.2) is 41.2 Å². The first-order valence-corrected chi connectivity index (χ1v) is 7.00. The van der Waals surface area contributed by atoms with Gasteiger partial charge < -0.3 is 14.6 Å². The van der Waals surface area contributed by atoms with Crippen molar-refractivity contribution in [2.45, 2.75) is 6.42 Å². The minimum atomic E-state index is 0.947. The second-order valence-electron chi connectivity index (χ2n) is 5.45. The minimum Gasteiger partial charge on any atom is -0.399 e. The smallest absolute Gasteiger partial charge is 0.106 e. The van der Waals surface area contributed by atoms with Gasteiger partial charge in [0.15, 0.2) is 0 Å². The number of allylic oxidation sites excluding steroid dienone is 3. The van der Waals surface area contributed by atoms with E-state index in [1.165, 1.54) is 16.8 Å². The number of likely N-dealkylation sites (N-methyl/N-ethyl adjacent to an activating group) is 1. The van der Waals surface area contributed by atoms with Gasteiger partial charge in [0, 0.05) is 45.1 Å². The molecular weight excluding hydrogens is 262 g/mol. The third kappa shape index (κ3) is 3.27. The van der Waals surface area contributed by atoms with Gasteiger partial charge in [-0.05, 0) is 35.8 Å². The van der Waals surface area contributed by atoms with E-state index in [1.807, 2.05) is 14.1 Å². The SMILES string of the molecule is CON=Cc1cc(N(C)C)ccc1C1=C(N(C)C)C=CC1. The summed E-state index contributed by atoms with van der Waals surface area (Å²) in [7, 11) is 9.78. The van der Waals surface area contributed by atoms with Crippen molar-refractivity contribution in [3.05, 3.63) is 47.2 Å². The lowest BCUT2D eigenvalue weighted by Gasteiger charge is -2.19. The molecule has 1 aliphatic rings. The fourth-order valence-corrected chi connectivity index (χ4v) is 2.48. The molecule has 0 radical (unpaired) electrons. The first kappa shape index (κ1) is 15.2. The van der Waals surface area contributed by atoms with Crippen LogP contribution in [0.3, 0.4) is 0 Å². The molecule has 21 heavy (non-hydrogen) atoms. The van der Waals surface area contributed by atoms with Gasteiger partial charge in [-0.1, -0.05) is 17.3 Å². The lowest BCUT2D eigenvalue weighted by atomic mass is 9.97. The number of hydrogen-bond acceptors (Lipinski definition) is 4. The standard InChI is InChI=1S/C17H23N3O/c1-19(2)14-9-10-15(13(11-14)12-18-21-5)16-7-6-8-17(16)20(3)4/h6,8-12H,7H2,1-5H3. The van der Waals surface area contributed by atoms with Crippen LogP contribution in [0.25, 0.3) is 5.57 Å². The molecule has 0 amide bonds. The molecule has 4 nitrogen and oxygen atoms in total. The Labute approximate surface area is 127 Å². The van der Waals surface area contributed by atoms with Crippen molar-refractivity contribution in [1.29, 1.82) is 0 Å². The molecule has 0 atom stereocenters. The molecule has 0 spiro atoms. The molecular formula is C17H23N3O. The maximum Gasteiger partial charge on any atom is 0.106 e. The van der Waals surface area contributed by atoms with Gasteiger partial charge >= 0.3 is 0 Å². The molecule has 0 aliphatic heterocycles. The summed E-state index contributed by atoms with van der Waals surface area (Å²) < 4.78 is 0. The van der Waals surface area contributed by atoms with Crippen LogP contribution < -0.4 is 4.90 Å². The summed E-state index contributed by atoms with van der Waals surface area (Å²) in [5, 5.41) is 3.94. The Morgan fingerprint density at radius 3 is 2.52 bits per heavy atom. The predicted molar refractivity (Wildman–Crippen MR) is 89.7 cm³/mol. The molecule has 0 bridgehead atoms. The molecule has 0 aromatic heterocycles. The lowest BCUT2D eigenvalue weighted by Crippen LogP contribution is -2.11. The number of anilines is 1. The lowest BCUT2D eigenvalue weighted by molar-refractivity contribution is 0.215. The molecule has 2 rings (SSSR count). The summed E-state index contributed by atoms with van der Waals surface area (Å²) >= 11 is 0. The van der Waals surface area contributed by atoms with Crippen LogP contribution in [0, 0.1) is 0 Å². The van der Waals surface area contributed by atoms with E-state index in [2.05, 4.69) is 59.4 Å². The fourth-order valence-electron chi connectivity index (χ4n) is 2.48. The summed E-state index contributed by atoms with van der Waals surface area (Å²) in [6.07, 6.45) is 7.10. The summed E-state index contributed by atoms with van der Waals surface area (Å²) in [6.45, 7) is 0. The average molecular weight is 285 g/mol. The van der Waals surface area contributed by atoms with Crippen molar-refractivity contribution in [3.63, 3.8) is 0 Å². The maximum absolute atomic E-state index is 4.85. The van der Waals surface area contributed by atoms with Crippen LogP contribution in [0.5, 0.6) is 0 Å². The molecule has 0 unspecified atom stereocenters. The first-order chi connectivity index (χ1) is 10.0. The van der Waals surface area contributed by atoms with Crippen LogP contribution in [0.1, 0.15) is 17.5 Å². The van der Waals surface area contributed by atoms with Crippen LogP contribution in [-0.2, 0) is 4.84 Å². The highest BCUT2D eigenvalue weighted by molar-refractivity contribution is 5.91. The predicted octanol–water partition coefficient (Wildman–Crippen LogP) is 2.97. The molecule has 0 heterocycles. The van der Waals surface area contributed by atoms with E-state index < -0.39 is 0 Å². The number of benzene rings is 1. The summed E-state index contributed by atoms with van der Waals surface area (Å²) in [5.41, 5.74) is 5.99. The number of rotatable bonds is 5. The van der Waals surface area contributed by atoms with Crippen molar-refractivity contribution in [1.82, 2.24) is 4.90 Å². The van der Waals surface area contributed by atoms with Gasteiger partial charge in [-0.2, -0.15) is 0 Å². The Kier molecular flexibility index (Phi) is 4.68. The van der Waals surface area contributed by atoms with E-state index in [0.29, 0.717) is 0 Å². The Bertz CT molecular complexity index is 598. The largest absolute Gasteiger partial charge is 0.399 e. The molecule has 4 heteroatoms. The number of hydrogen-bond donors (Lipinski definition) is 0. The molecule has 1 aliphatic carbocycles. The van der Waals surface area contributed by atoms with Crippen LogP contribution in [0.2, 0.25) is 0 Å². The Hall–Kier alpha value is -2.23. The van der Waals surface area contributed by atoms with Crippen molar-refractivity contribution < 1.29 is 4.84 Å². The van der Waals surface area contributed by atoms with Crippen molar-refractivity contribution in [2.24, 2.45) is 5.16 Å². The number of oxime groups is 1. The molecule has 1 aromatic rings. The van der Waals surface area contributed by atoms with Gasteiger partial charge in [-0.25, -0.2) is 0 Å². The Morgan fingerprint density at radius 2 is 1.90 bits per heavy atom. The van der Waals surface area contributed by atoms with E-state index in [1.54, 1.807) is 13.3 Å². The maximum atomic E-state index is 4.85. The monoisotopic (exact) mass is 285 g/mol. The fraction of sp³-hybridized carbons (Fsp3) is 0.353. The van der Waals surface area contributed by atoms with Gasteiger partial charge in [-0.15, -0.1) is 0 Å². The topological polar surface area (TPSA) is 28.1 Å². The zero-order valence-corrected chi connectivity index (χ0v) is 13.4. The third-order valence-corrected chi connectivity index (χ3v) is 3.56. The molecule has 0 saturated heterocycles. The quantitative estimate of drug-likeness (QED) is 0.615. The van der Waals surface area contributed by atoms with Gasteiger partial charge in [0.1, 0.15) is 7.11 Å². The molecule has 0 fully saturated rings. The minimum absolute atomic E-state index is 0.947. The van der Waals surface area contributed by atoms with Crippen LogP contribution in [-0.4, -0.2) is 46.4 Å². The number of nitrogens with zero attached hydrogens (tertiary/aromatic N) is 3. The molecule has 1 aromatic carbocycles. The first-order valence-electron chi connectivity index (χ1n) is 7.00. The zero-order valence-electron chi connectivity index (χ0n) is 13.4. The second-order valence-corrected chi connectivity index (χ2v) is 5.45. The van der Waals surface area contributed by atoms with E-state index in [4.69, 9.17) is 4.84 Å². The highest BCUT2D eigenvalue weighted by Crippen LogP contribution is 2.33. The van der Waals surface area contributed by atoms with Gasteiger partial charge in [-0.3, -0.25) is 0 Å².